The summed E-state index contributed by atoms with van der Waals surface area (Å²) in [7, 11) is 0. The zero-order chi connectivity index (χ0) is 13.8. The van der Waals surface area contributed by atoms with Gasteiger partial charge < -0.3 is 5.32 Å². The van der Waals surface area contributed by atoms with Crippen LogP contribution >= 0.6 is 0 Å². The van der Waals surface area contributed by atoms with Crippen molar-refractivity contribution in [3.63, 3.8) is 0 Å². The van der Waals surface area contributed by atoms with E-state index in [1.807, 2.05) is 12.1 Å². The molecule has 1 unspecified atom stereocenters. The van der Waals surface area contributed by atoms with Gasteiger partial charge in [-0.15, -0.1) is 0 Å². The van der Waals surface area contributed by atoms with Crippen molar-refractivity contribution >= 4 is 0 Å². The minimum absolute atomic E-state index is 0.160. The predicted molar refractivity (Wildman–Crippen MR) is 78.9 cm³/mol. The molecule has 0 radical (unpaired) electrons. The van der Waals surface area contributed by atoms with Crippen molar-refractivity contribution in [1.29, 1.82) is 0 Å². The van der Waals surface area contributed by atoms with Gasteiger partial charge in [-0.2, -0.15) is 0 Å². The molecule has 1 saturated heterocycles. The minimum Gasteiger partial charge on any atom is -0.314 e. The van der Waals surface area contributed by atoms with Crippen molar-refractivity contribution in [2.75, 3.05) is 19.6 Å². The first kappa shape index (κ1) is 13.3. The molecular weight excluding hydrogens is 251 g/mol. The summed E-state index contributed by atoms with van der Waals surface area (Å²) in [6.07, 6.45) is 0. The minimum atomic E-state index is -0.160. The van der Waals surface area contributed by atoms with Crippen molar-refractivity contribution in [2.24, 2.45) is 0 Å². The fourth-order valence-corrected chi connectivity index (χ4v) is 2.80. The summed E-state index contributed by atoms with van der Waals surface area (Å²) < 4.78 is 13.4. The van der Waals surface area contributed by atoms with Crippen LogP contribution in [0.15, 0.2) is 54.6 Å². The average Bonchev–Trinajstić information content (AvgIpc) is 2.49. The third-order valence-corrected chi connectivity index (χ3v) is 3.82. The number of benzene rings is 2. The maximum absolute atomic E-state index is 13.4. The lowest BCUT2D eigenvalue weighted by Gasteiger charge is -2.36. The van der Waals surface area contributed by atoms with Crippen LogP contribution in [0.25, 0.3) is 0 Å². The van der Waals surface area contributed by atoms with Crippen LogP contribution in [-0.4, -0.2) is 24.5 Å². The smallest absolute Gasteiger partial charge is 0.123 e. The van der Waals surface area contributed by atoms with Crippen molar-refractivity contribution < 1.29 is 4.39 Å². The Bertz CT molecular complexity index is 556. The molecule has 2 aromatic rings. The van der Waals surface area contributed by atoms with Gasteiger partial charge in [0.2, 0.25) is 0 Å². The highest BCUT2D eigenvalue weighted by molar-refractivity contribution is 5.22. The number of piperazine rings is 1. The Labute approximate surface area is 119 Å². The van der Waals surface area contributed by atoms with Crippen molar-refractivity contribution in [3.8, 4) is 0 Å². The average molecular weight is 270 g/mol. The molecule has 0 bridgehead atoms. The molecule has 1 heterocycles. The Morgan fingerprint density at radius 2 is 1.95 bits per heavy atom. The van der Waals surface area contributed by atoms with E-state index in [-0.39, 0.29) is 11.9 Å². The van der Waals surface area contributed by atoms with Crippen LogP contribution in [0.4, 0.5) is 4.39 Å². The van der Waals surface area contributed by atoms with Gasteiger partial charge in [-0.25, -0.2) is 4.39 Å². The molecular formula is C17H19FN2. The third-order valence-electron chi connectivity index (χ3n) is 3.82. The second kappa shape index (κ2) is 6.16. The highest BCUT2D eigenvalue weighted by Gasteiger charge is 2.23. The largest absolute Gasteiger partial charge is 0.314 e. The summed E-state index contributed by atoms with van der Waals surface area (Å²) in [6.45, 7) is 3.74. The van der Waals surface area contributed by atoms with Gasteiger partial charge in [0.15, 0.2) is 0 Å². The van der Waals surface area contributed by atoms with Gasteiger partial charge in [0, 0.05) is 32.2 Å². The van der Waals surface area contributed by atoms with E-state index in [0.29, 0.717) is 0 Å². The van der Waals surface area contributed by atoms with Crippen LogP contribution in [-0.2, 0) is 6.54 Å². The molecule has 20 heavy (non-hydrogen) atoms. The second-order valence-electron chi connectivity index (χ2n) is 5.23. The van der Waals surface area contributed by atoms with Gasteiger partial charge >= 0.3 is 0 Å². The first-order valence-corrected chi connectivity index (χ1v) is 7.07. The van der Waals surface area contributed by atoms with E-state index in [9.17, 15) is 4.39 Å². The van der Waals surface area contributed by atoms with E-state index < -0.39 is 0 Å². The molecule has 2 nitrogen and oxygen atoms in total. The van der Waals surface area contributed by atoms with Crippen molar-refractivity contribution in [3.05, 3.63) is 71.5 Å². The van der Waals surface area contributed by atoms with Gasteiger partial charge in [-0.05, 0) is 23.3 Å². The number of rotatable bonds is 3. The quantitative estimate of drug-likeness (QED) is 0.922. The van der Waals surface area contributed by atoms with E-state index in [4.69, 9.17) is 0 Å². The molecule has 104 valence electrons. The highest BCUT2D eigenvalue weighted by Crippen LogP contribution is 2.24. The number of hydrogen-bond donors (Lipinski definition) is 1. The number of nitrogens with zero attached hydrogens (tertiary/aromatic N) is 1. The third kappa shape index (κ3) is 3.06. The molecule has 0 aromatic heterocycles. The molecule has 1 aliphatic heterocycles. The lowest BCUT2D eigenvalue weighted by Crippen LogP contribution is -2.45. The molecule has 0 aliphatic carbocycles. The molecule has 3 heteroatoms. The summed E-state index contributed by atoms with van der Waals surface area (Å²) in [5.41, 5.74) is 2.35. The molecule has 0 saturated carbocycles. The molecule has 3 rings (SSSR count). The van der Waals surface area contributed by atoms with Gasteiger partial charge in [0.1, 0.15) is 5.82 Å². The van der Waals surface area contributed by atoms with Gasteiger partial charge in [-0.1, -0.05) is 42.5 Å². The molecule has 1 fully saturated rings. The fourth-order valence-electron chi connectivity index (χ4n) is 2.80. The van der Waals surface area contributed by atoms with E-state index in [1.54, 1.807) is 12.1 Å². The van der Waals surface area contributed by atoms with Crippen LogP contribution < -0.4 is 5.32 Å². The van der Waals surface area contributed by atoms with Crippen LogP contribution in [0.2, 0.25) is 0 Å². The summed E-state index contributed by atoms with van der Waals surface area (Å²) in [4.78, 5) is 2.42. The number of nitrogens with one attached hydrogen (secondary N) is 1. The lowest BCUT2D eigenvalue weighted by molar-refractivity contribution is 0.153. The van der Waals surface area contributed by atoms with Crippen LogP contribution in [0.1, 0.15) is 17.2 Å². The van der Waals surface area contributed by atoms with E-state index >= 15 is 0 Å². The summed E-state index contributed by atoms with van der Waals surface area (Å²) in [6, 6.07) is 17.6. The monoisotopic (exact) mass is 270 g/mol. The molecule has 1 aliphatic rings. The topological polar surface area (TPSA) is 15.3 Å². The maximum atomic E-state index is 13.4. The first-order chi connectivity index (χ1) is 9.83. The Hall–Kier alpha value is -1.71. The standard InChI is InChI=1S/C17H19FN2/c18-16-8-4-7-15(11-16)17-12-19-9-10-20(17)13-14-5-2-1-3-6-14/h1-8,11,17,19H,9-10,12-13H2. The van der Waals surface area contributed by atoms with E-state index in [1.165, 1.54) is 11.6 Å². The van der Waals surface area contributed by atoms with Crippen molar-refractivity contribution in [1.82, 2.24) is 10.2 Å². The summed E-state index contributed by atoms with van der Waals surface area (Å²) in [5.74, 6) is -0.160. The zero-order valence-electron chi connectivity index (χ0n) is 11.4. The molecule has 1 atom stereocenters. The van der Waals surface area contributed by atoms with Crippen LogP contribution in [0, 0.1) is 5.82 Å². The summed E-state index contributed by atoms with van der Waals surface area (Å²) >= 11 is 0. The fraction of sp³-hybridized carbons (Fsp3) is 0.294. The van der Waals surface area contributed by atoms with E-state index in [0.717, 1.165) is 31.7 Å². The zero-order valence-corrected chi connectivity index (χ0v) is 11.4. The summed E-state index contributed by atoms with van der Waals surface area (Å²) in [5, 5.41) is 3.40. The number of halogens is 1. The van der Waals surface area contributed by atoms with Gasteiger partial charge in [-0.3, -0.25) is 4.90 Å². The van der Waals surface area contributed by atoms with Gasteiger partial charge in [0.05, 0.1) is 0 Å². The van der Waals surface area contributed by atoms with Gasteiger partial charge in [0.25, 0.3) is 0 Å². The Kier molecular flexibility index (Phi) is 4.09. The van der Waals surface area contributed by atoms with E-state index in [2.05, 4.69) is 34.5 Å². The van der Waals surface area contributed by atoms with Crippen molar-refractivity contribution in [2.45, 2.75) is 12.6 Å². The number of hydrogen-bond acceptors (Lipinski definition) is 2. The van der Waals surface area contributed by atoms with Crippen LogP contribution in [0.3, 0.4) is 0 Å². The second-order valence-corrected chi connectivity index (χ2v) is 5.23. The first-order valence-electron chi connectivity index (χ1n) is 7.07. The molecule has 0 amide bonds. The maximum Gasteiger partial charge on any atom is 0.123 e. The predicted octanol–water partition coefficient (Wildman–Crippen LogP) is 2.97. The SMILES string of the molecule is Fc1cccc(C2CNCCN2Cc2ccccc2)c1. The Morgan fingerprint density at radius 3 is 2.75 bits per heavy atom. The molecule has 2 aromatic carbocycles. The van der Waals surface area contributed by atoms with Crippen LogP contribution in [0.5, 0.6) is 0 Å². The Morgan fingerprint density at radius 1 is 1.10 bits per heavy atom. The molecule has 0 spiro atoms. The molecule has 1 N–H and O–H groups in total. The normalized spacial score (nSPS) is 19.9. The highest BCUT2D eigenvalue weighted by atomic mass is 19.1. The Balaban J connectivity index is 1.80. The lowest BCUT2D eigenvalue weighted by atomic mass is 10.0.